The van der Waals surface area contributed by atoms with E-state index < -0.39 is 0 Å². The van der Waals surface area contributed by atoms with Gasteiger partial charge in [0.25, 0.3) is 0 Å². The molecule has 2 aromatic carbocycles. The van der Waals surface area contributed by atoms with E-state index in [1.165, 1.54) is 5.56 Å². The van der Waals surface area contributed by atoms with E-state index in [9.17, 15) is 0 Å². The molecule has 2 rings (SSSR count). The van der Waals surface area contributed by atoms with Gasteiger partial charge in [-0.3, -0.25) is 0 Å². The van der Waals surface area contributed by atoms with Gasteiger partial charge in [-0.05, 0) is 42.3 Å². The molecule has 0 amide bonds. The molecule has 1 atom stereocenters. The van der Waals surface area contributed by atoms with Crippen molar-refractivity contribution >= 4 is 27.5 Å². The first kappa shape index (κ1) is 15.4. The molecule has 0 fully saturated rings. The van der Waals surface area contributed by atoms with Crippen LogP contribution in [0.2, 0.25) is 5.02 Å². The second-order valence-electron chi connectivity index (χ2n) is 4.61. The van der Waals surface area contributed by atoms with E-state index in [0.29, 0.717) is 0 Å². The van der Waals surface area contributed by atoms with Crippen LogP contribution < -0.4 is 10.1 Å². The first-order chi connectivity index (χ1) is 9.60. The van der Waals surface area contributed by atoms with E-state index in [2.05, 4.69) is 40.3 Å². The van der Waals surface area contributed by atoms with E-state index in [4.69, 9.17) is 16.3 Å². The normalized spacial score (nSPS) is 12.2. The molecular weight excluding hydrogens is 338 g/mol. The van der Waals surface area contributed by atoms with E-state index >= 15 is 0 Å². The highest BCUT2D eigenvalue weighted by Crippen LogP contribution is 2.22. The molecule has 4 heteroatoms. The number of ether oxygens (including phenoxy) is 1. The van der Waals surface area contributed by atoms with Gasteiger partial charge >= 0.3 is 0 Å². The fourth-order valence-electron chi connectivity index (χ4n) is 1.94. The predicted molar refractivity (Wildman–Crippen MR) is 87.4 cm³/mol. The summed E-state index contributed by atoms with van der Waals surface area (Å²) < 4.78 is 6.16. The number of halogens is 2. The van der Waals surface area contributed by atoms with E-state index in [-0.39, 0.29) is 6.04 Å². The van der Waals surface area contributed by atoms with Crippen LogP contribution in [-0.2, 0) is 6.54 Å². The van der Waals surface area contributed by atoms with Gasteiger partial charge in [0.05, 0.1) is 7.11 Å². The molecule has 0 saturated heterocycles. The van der Waals surface area contributed by atoms with E-state index in [1.807, 2.05) is 30.3 Å². The van der Waals surface area contributed by atoms with Gasteiger partial charge in [0.1, 0.15) is 5.75 Å². The topological polar surface area (TPSA) is 21.3 Å². The Kier molecular flexibility index (Phi) is 5.46. The third kappa shape index (κ3) is 3.98. The lowest BCUT2D eigenvalue weighted by Gasteiger charge is -2.15. The summed E-state index contributed by atoms with van der Waals surface area (Å²) in [5, 5.41) is 4.24. The molecule has 0 bridgehead atoms. The lowest BCUT2D eigenvalue weighted by atomic mass is 10.1. The minimum Gasteiger partial charge on any atom is -0.497 e. The van der Waals surface area contributed by atoms with Crippen molar-refractivity contribution in [3.63, 3.8) is 0 Å². The Bertz CT molecular complexity index is 571. The van der Waals surface area contributed by atoms with Crippen molar-refractivity contribution < 1.29 is 4.74 Å². The van der Waals surface area contributed by atoms with Gasteiger partial charge in [0, 0.05) is 22.1 Å². The van der Waals surface area contributed by atoms with Crippen molar-refractivity contribution in [2.45, 2.75) is 19.5 Å². The molecule has 0 saturated carbocycles. The summed E-state index contributed by atoms with van der Waals surface area (Å²) in [4.78, 5) is 0. The summed E-state index contributed by atoms with van der Waals surface area (Å²) in [6.07, 6.45) is 0. The highest BCUT2D eigenvalue weighted by molar-refractivity contribution is 9.10. The predicted octanol–water partition coefficient (Wildman–Crippen LogP) is 4.96. The fraction of sp³-hybridized carbons (Fsp3) is 0.250. The quantitative estimate of drug-likeness (QED) is 0.819. The first-order valence-corrected chi connectivity index (χ1v) is 7.58. The molecule has 0 spiro atoms. The average molecular weight is 355 g/mol. The third-order valence-electron chi connectivity index (χ3n) is 3.23. The van der Waals surface area contributed by atoms with Crippen LogP contribution in [-0.4, -0.2) is 7.11 Å². The number of rotatable bonds is 5. The van der Waals surface area contributed by atoms with Crippen LogP contribution in [0.5, 0.6) is 5.75 Å². The van der Waals surface area contributed by atoms with Crippen LogP contribution >= 0.6 is 27.5 Å². The number of methoxy groups -OCH3 is 1. The molecule has 2 nitrogen and oxygen atoms in total. The van der Waals surface area contributed by atoms with Crippen LogP contribution in [0.4, 0.5) is 0 Å². The van der Waals surface area contributed by atoms with Crippen molar-refractivity contribution in [2.75, 3.05) is 7.11 Å². The summed E-state index contributed by atoms with van der Waals surface area (Å²) in [7, 11) is 1.67. The van der Waals surface area contributed by atoms with Crippen LogP contribution in [0.1, 0.15) is 24.1 Å². The van der Waals surface area contributed by atoms with Crippen molar-refractivity contribution in [1.29, 1.82) is 0 Å². The minimum atomic E-state index is 0.251. The molecule has 0 aliphatic rings. The Morgan fingerprint density at radius 2 is 1.90 bits per heavy atom. The maximum atomic E-state index is 6.21. The zero-order valence-corrected chi connectivity index (χ0v) is 13.8. The molecule has 0 heterocycles. The highest BCUT2D eigenvalue weighted by atomic mass is 79.9. The maximum Gasteiger partial charge on any atom is 0.118 e. The number of hydrogen-bond donors (Lipinski definition) is 1. The molecule has 0 aliphatic heterocycles. The standard InChI is InChI=1S/C16H17BrClNO/c1-11(12-4-7-15(20-2)8-5-12)19-10-13-3-6-14(17)9-16(13)18/h3-9,11,19H,10H2,1-2H3/t11-/m1/s1. The highest BCUT2D eigenvalue weighted by Gasteiger charge is 2.07. The summed E-state index contributed by atoms with van der Waals surface area (Å²) in [6.45, 7) is 2.87. The van der Waals surface area contributed by atoms with Gasteiger partial charge in [-0.1, -0.05) is 45.7 Å². The Balaban J connectivity index is 1.98. The average Bonchev–Trinajstić information content (AvgIpc) is 2.46. The largest absolute Gasteiger partial charge is 0.497 e. The van der Waals surface area contributed by atoms with Gasteiger partial charge in [0.2, 0.25) is 0 Å². The second-order valence-corrected chi connectivity index (χ2v) is 5.93. The SMILES string of the molecule is COc1ccc([C@@H](C)NCc2ccc(Br)cc2Cl)cc1. The van der Waals surface area contributed by atoms with E-state index in [1.54, 1.807) is 7.11 Å². The summed E-state index contributed by atoms with van der Waals surface area (Å²) in [6, 6.07) is 14.3. The van der Waals surface area contributed by atoms with Gasteiger partial charge < -0.3 is 10.1 Å². The number of hydrogen-bond acceptors (Lipinski definition) is 2. The minimum absolute atomic E-state index is 0.251. The third-order valence-corrected chi connectivity index (χ3v) is 4.07. The van der Waals surface area contributed by atoms with Crippen LogP contribution in [0.3, 0.4) is 0 Å². The molecule has 0 unspecified atom stereocenters. The molecule has 1 N–H and O–H groups in total. The Labute approximate surface area is 133 Å². The Morgan fingerprint density at radius 3 is 2.50 bits per heavy atom. The molecule has 2 aromatic rings. The Hall–Kier alpha value is -1.03. The monoisotopic (exact) mass is 353 g/mol. The van der Waals surface area contributed by atoms with Gasteiger partial charge in [0.15, 0.2) is 0 Å². The van der Waals surface area contributed by atoms with Crippen LogP contribution in [0.15, 0.2) is 46.9 Å². The van der Waals surface area contributed by atoms with Gasteiger partial charge in [-0.15, -0.1) is 0 Å². The van der Waals surface area contributed by atoms with Gasteiger partial charge in [-0.25, -0.2) is 0 Å². The first-order valence-electron chi connectivity index (χ1n) is 6.41. The Morgan fingerprint density at radius 1 is 1.20 bits per heavy atom. The van der Waals surface area contributed by atoms with Crippen LogP contribution in [0, 0.1) is 0 Å². The van der Waals surface area contributed by atoms with Gasteiger partial charge in [-0.2, -0.15) is 0 Å². The van der Waals surface area contributed by atoms with Crippen molar-refractivity contribution in [1.82, 2.24) is 5.32 Å². The summed E-state index contributed by atoms with van der Waals surface area (Å²) in [5.74, 6) is 0.872. The van der Waals surface area contributed by atoms with Crippen molar-refractivity contribution in [3.05, 3.63) is 63.1 Å². The van der Waals surface area contributed by atoms with Crippen LogP contribution in [0.25, 0.3) is 0 Å². The van der Waals surface area contributed by atoms with E-state index in [0.717, 1.165) is 27.4 Å². The lowest BCUT2D eigenvalue weighted by molar-refractivity contribution is 0.414. The summed E-state index contributed by atoms with van der Waals surface area (Å²) in [5.41, 5.74) is 2.31. The zero-order valence-electron chi connectivity index (χ0n) is 11.5. The molecule has 106 valence electrons. The maximum absolute atomic E-state index is 6.21. The number of nitrogens with one attached hydrogen (secondary N) is 1. The lowest BCUT2D eigenvalue weighted by Crippen LogP contribution is -2.18. The molecular formula is C16H17BrClNO. The molecule has 20 heavy (non-hydrogen) atoms. The second kappa shape index (κ2) is 7.11. The number of benzene rings is 2. The molecule has 0 aliphatic carbocycles. The fourth-order valence-corrected chi connectivity index (χ4v) is 2.68. The molecule has 0 aromatic heterocycles. The summed E-state index contributed by atoms with van der Waals surface area (Å²) >= 11 is 9.62. The smallest absolute Gasteiger partial charge is 0.118 e. The van der Waals surface area contributed by atoms with Crippen molar-refractivity contribution in [3.8, 4) is 5.75 Å². The zero-order chi connectivity index (χ0) is 14.5. The molecule has 0 radical (unpaired) electrons. The van der Waals surface area contributed by atoms with Crippen molar-refractivity contribution in [2.24, 2.45) is 0 Å².